The maximum absolute atomic E-state index is 12.8. The summed E-state index contributed by atoms with van der Waals surface area (Å²) in [5.74, 6) is 1.39. The number of para-hydroxylation sites is 1. The Hall–Kier alpha value is -3.41. The van der Waals surface area contributed by atoms with Gasteiger partial charge in [0.05, 0.1) is 19.5 Å². The highest BCUT2D eigenvalue weighted by molar-refractivity contribution is 5.92. The molecule has 1 aromatic heterocycles. The van der Waals surface area contributed by atoms with Crippen molar-refractivity contribution in [1.82, 2.24) is 14.9 Å². The van der Waals surface area contributed by atoms with Crippen LogP contribution in [0.4, 0.5) is 5.82 Å². The fraction of sp³-hybridized carbons (Fsp3) is 0.261. The van der Waals surface area contributed by atoms with E-state index in [1.807, 2.05) is 61.5 Å². The molecule has 0 spiro atoms. The molecule has 1 amide bonds. The van der Waals surface area contributed by atoms with Crippen LogP contribution in [-0.2, 0) is 13.0 Å². The Morgan fingerprint density at radius 1 is 1.03 bits per heavy atom. The molecule has 3 rings (SSSR count). The van der Waals surface area contributed by atoms with Gasteiger partial charge in [-0.1, -0.05) is 48.5 Å². The summed E-state index contributed by atoms with van der Waals surface area (Å²) >= 11 is 0. The van der Waals surface area contributed by atoms with Gasteiger partial charge in [0.25, 0.3) is 5.91 Å². The van der Waals surface area contributed by atoms with Crippen LogP contribution >= 0.6 is 0 Å². The zero-order valence-electron chi connectivity index (χ0n) is 16.8. The largest absolute Gasteiger partial charge is 0.496 e. The molecule has 0 bridgehead atoms. The normalized spacial score (nSPS) is 10.4. The van der Waals surface area contributed by atoms with Gasteiger partial charge in [0.15, 0.2) is 0 Å². The molecule has 0 radical (unpaired) electrons. The third kappa shape index (κ3) is 5.54. The van der Waals surface area contributed by atoms with Crippen molar-refractivity contribution in [2.75, 3.05) is 25.5 Å². The van der Waals surface area contributed by atoms with Crippen LogP contribution in [0.3, 0.4) is 0 Å². The van der Waals surface area contributed by atoms with Crippen LogP contribution in [0.15, 0.2) is 67.0 Å². The number of aromatic nitrogens is 2. The number of nitrogens with one attached hydrogen (secondary N) is 1. The number of carbonyl (C=O) groups excluding carboxylic acids is 1. The molecule has 0 aliphatic rings. The van der Waals surface area contributed by atoms with Gasteiger partial charge in [0.2, 0.25) is 0 Å². The second kappa shape index (κ2) is 10.2. The van der Waals surface area contributed by atoms with Crippen LogP contribution in [0, 0.1) is 0 Å². The molecule has 0 saturated carbocycles. The number of hydrogen-bond donors (Lipinski definition) is 1. The van der Waals surface area contributed by atoms with Crippen LogP contribution in [0.5, 0.6) is 5.75 Å². The summed E-state index contributed by atoms with van der Waals surface area (Å²) in [4.78, 5) is 23.2. The Morgan fingerprint density at radius 2 is 1.79 bits per heavy atom. The molecule has 2 aromatic carbocycles. The van der Waals surface area contributed by atoms with E-state index in [1.165, 1.54) is 6.20 Å². The number of amides is 1. The molecular formula is C23H26N4O2. The van der Waals surface area contributed by atoms with Crippen LogP contribution in [0.2, 0.25) is 0 Å². The number of anilines is 1. The maximum Gasteiger partial charge on any atom is 0.274 e. The zero-order valence-corrected chi connectivity index (χ0v) is 16.8. The fourth-order valence-corrected chi connectivity index (χ4v) is 3.06. The molecule has 0 aliphatic heterocycles. The van der Waals surface area contributed by atoms with Crippen molar-refractivity contribution in [3.8, 4) is 5.75 Å². The SMILES string of the molecule is CCN(Cc1ccccc1)C(=O)c1cnc(NCCc2ccccc2OC)cn1. The minimum absolute atomic E-state index is 0.121. The average molecular weight is 390 g/mol. The minimum Gasteiger partial charge on any atom is -0.496 e. The molecule has 1 N–H and O–H groups in total. The summed E-state index contributed by atoms with van der Waals surface area (Å²) in [5, 5.41) is 3.24. The van der Waals surface area contributed by atoms with Crippen molar-refractivity contribution in [2.24, 2.45) is 0 Å². The molecule has 0 unspecified atom stereocenters. The van der Waals surface area contributed by atoms with E-state index >= 15 is 0 Å². The van der Waals surface area contributed by atoms with E-state index in [-0.39, 0.29) is 5.91 Å². The molecule has 3 aromatic rings. The first-order valence-electron chi connectivity index (χ1n) is 9.72. The third-order valence-corrected chi connectivity index (χ3v) is 4.65. The summed E-state index contributed by atoms with van der Waals surface area (Å²) in [6.45, 7) is 3.81. The maximum atomic E-state index is 12.8. The molecule has 29 heavy (non-hydrogen) atoms. The van der Waals surface area contributed by atoms with Gasteiger partial charge >= 0.3 is 0 Å². The van der Waals surface area contributed by atoms with Crippen LogP contribution in [0.1, 0.15) is 28.5 Å². The second-order valence-electron chi connectivity index (χ2n) is 6.58. The van der Waals surface area contributed by atoms with Gasteiger partial charge in [0.1, 0.15) is 17.3 Å². The van der Waals surface area contributed by atoms with Crippen molar-refractivity contribution in [3.05, 3.63) is 83.8 Å². The molecule has 6 heteroatoms. The standard InChI is InChI=1S/C23H26N4O2/c1-3-27(17-18-9-5-4-6-10-18)23(28)20-15-26-22(16-25-20)24-14-13-19-11-7-8-12-21(19)29-2/h4-12,15-16H,3,13-14,17H2,1-2H3,(H,24,26). The summed E-state index contributed by atoms with van der Waals surface area (Å²) in [6.07, 6.45) is 3.93. The first-order chi connectivity index (χ1) is 14.2. The lowest BCUT2D eigenvalue weighted by Gasteiger charge is -2.20. The second-order valence-corrected chi connectivity index (χ2v) is 6.58. The van der Waals surface area contributed by atoms with Crippen LogP contribution < -0.4 is 10.1 Å². The Kier molecular flexibility index (Phi) is 7.16. The highest BCUT2D eigenvalue weighted by atomic mass is 16.5. The Bertz CT molecular complexity index is 914. The number of methoxy groups -OCH3 is 1. The van der Waals surface area contributed by atoms with E-state index < -0.39 is 0 Å². The van der Waals surface area contributed by atoms with Crippen molar-refractivity contribution in [3.63, 3.8) is 0 Å². The number of benzene rings is 2. The lowest BCUT2D eigenvalue weighted by atomic mass is 10.1. The molecule has 1 heterocycles. The molecule has 6 nitrogen and oxygen atoms in total. The molecule has 0 fully saturated rings. The Labute approximate surface area is 171 Å². The van der Waals surface area contributed by atoms with Crippen molar-refractivity contribution < 1.29 is 9.53 Å². The van der Waals surface area contributed by atoms with Gasteiger partial charge < -0.3 is 15.0 Å². The molecule has 0 aliphatic carbocycles. The van der Waals surface area contributed by atoms with E-state index in [9.17, 15) is 4.79 Å². The molecule has 0 saturated heterocycles. The minimum atomic E-state index is -0.121. The summed E-state index contributed by atoms with van der Waals surface area (Å²) in [5.41, 5.74) is 2.56. The zero-order chi connectivity index (χ0) is 20.5. The Morgan fingerprint density at radius 3 is 2.48 bits per heavy atom. The lowest BCUT2D eigenvalue weighted by Crippen LogP contribution is -2.31. The average Bonchev–Trinajstić information content (AvgIpc) is 2.78. The number of hydrogen-bond acceptors (Lipinski definition) is 5. The van der Waals surface area contributed by atoms with Crippen molar-refractivity contribution in [1.29, 1.82) is 0 Å². The van der Waals surface area contributed by atoms with Crippen molar-refractivity contribution in [2.45, 2.75) is 19.9 Å². The number of ether oxygens (including phenoxy) is 1. The first kappa shape index (κ1) is 20.3. The number of carbonyl (C=O) groups is 1. The molecular weight excluding hydrogens is 364 g/mol. The quantitative estimate of drug-likeness (QED) is 0.602. The number of nitrogens with zero attached hydrogens (tertiary/aromatic N) is 3. The van der Waals surface area contributed by atoms with E-state index in [1.54, 1.807) is 18.2 Å². The smallest absolute Gasteiger partial charge is 0.274 e. The topological polar surface area (TPSA) is 67.4 Å². The van der Waals surface area contributed by atoms with Crippen LogP contribution in [-0.4, -0.2) is 41.0 Å². The summed E-state index contributed by atoms with van der Waals surface area (Å²) < 4.78 is 5.37. The predicted molar refractivity (Wildman–Crippen MR) is 114 cm³/mol. The number of rotatable bonds is 9. The first-order valence-corrected chi connectivity index (χ1v) is 9.72. The fourth-order valence-electron chi connectivity index (χ4n) is 3.06. The summed E-state index contributed by atoms with van der Waals surface area (Å²) in [6, 6.07) is 17.9. The summed E-state index contributed by atoms with van der Waals surface area (Å²) in [7, 11) is 1.67. The van der Waals surface area contributed by atoms with Gasteiger partial charge in [-0.05, 0) is 30.5 Å². The van der Waals surface area contributed by atoms with E-state index in [4.69, 9.17) is 4.74 Å². The van der Waals surface area contributed by atoms with Gasteiger partial charge in [-0.3, -0.25) is 4.79 Å². The van der Waals surface area contributed by atoms with Gasteiger partial charge in [-0.25, -0.2) is 9.97 Å². The van der Waals surface area contributed by atoms with Crippen LogP contribution in [0.25, 0.3) is 0 Å². The highest BCUT2D eigenvalue weighted by Gasteiger charge is 2.16. The lowest BCUT2D eigenvalue weighted by molar-refractivity contribution is 0.0746. The predicted octanol–water partition coefficient (Wildman–Crippen LogP) is 3.80. The molecule has 150 valence electrons. The third-order valence-electron chi connectivity index (χ3n) is 4.65. The van der Waals surface area contributed by atoms with Gasteiger partial charge in [-0.2, -0.15) is 0 Å². The molecule has 0 atom stereocenters. The van der Waals surface area contributed by atoms with Crippen molar-refractivity contribution >= 4 is 11.7 Å². The van der Waals surface area contributed by atoms with E-state index in [0.29, 0.717) is 31.1 Å². The Balaban J connectivity index is 1.56. The highest BCUT2D eigenvalue weighted by Crippen LogP contribution is 2.17. The van der Waals surface area contributed by atoms with E-state index in [2.05, 4.69) is 15.3 Å². The van der Waals surface area contributed by atoms with Gasteiger partial charge in [-0.15, -0.1) is 0 Å². The van der Waals surface area contributed by atoms with E-state index in [0.717, 1.165) is 23.3 Å². The monoisotopic (exact) mass is 390 g/mol. The van der Waals surface area contributed by atoms with Gasteiger partial charge in [0, 0.05) is 19.6 Å².